The number of ketones is 1. The van der Waals surface area contributed by atoms with Crippen LogP contribution >= 0.6 is 0 Å². The lowest BCUT2D eigenvalue weighted by Gasteiger charge is -2.04. The number of ether oxygens (including phenoxy) is 1. The molecule has 0 aliphatic heterocycles. The van der Waals surface area contributed by atoms with Crippen LogP contribution in [0.3, 0.4) is 0 Å². The van der Waals surface area contributed by atoms with Crippen LogP contribution in [0.5, 0.6) is 0 Å². The number of benzene rings is 2. The summed E-state index contributed by atoms with van der Waals surface area (Å²) in [7, 11) is 1.30. The molecule has 0 aliphatic carbocycles. The highest BCUT2D eigenvalue weighted by Crippen LogP contribution is 2.24. The first-order valence-corrected chi connectivity index (χ1v) is 6.60. The smallest absolute Gasteiger partial charge is 0.340 e. The van der Waals surface area contributed by atoms with Crippen LogP contribution in [0.2, 0.25) is 0 Å². The molecule has 4 nitrogen and oxygen atoms in total. The van der Waals surface area contributed by atoms with Gasteiger partial charge in [0.25, 0.3) is 0 Å². The van der Waals surface area contributed by atoms with Gasteiger partial charge in [-0.25, -0.2) is 9.18 Å². The Bertz CT molecular complexity index is 865. The first-order valence-electron chi connectivity index (χ1n) is 6.60. The van der Waals surface area contributed by atoms with Crippen molar-refractivity contribution in [3.05, 3.63) is 71.2 Å². The lowest BCUT2D eigenvalue weighted by Crippen LogP contribution is -2.03. The van der Waals surface area contributed by atoms with E-state index in [0.29, 0.717) is 27.6 Å². The summed E-state index contributed by atoms with van der Waals surface area (Å²) >= 11 is 0. The predicted molar refractivity (Wildman–Crippen MR) is 79.5 cm³/mol. The van der Waals surface area contributed by atoms with Crippen molar-refractivity contribution in [2.24, 2.45) is 0 Å². The van der Waals surface area contributed by atoms with Crippen LogP contribution in [-0.2, 0) is 4.74 Å². The third kappa shape index (κ3) is 2.26. The van der Waals surface area contributed by atoms with Gasteiger partial charge >= 0.3 is 5.97 Å². The van der Waals surface area contributed by atoms with E-state index in [-0.39, 0.29) is 5.78 Å². The van der Waals surface area contributed by atoms with Gasteiger partial charge in [-0.1, -0.05) is 12.1 Å². The number of para-hydroxylation sites is 1. The Hall–Kier alpha value is -2.95. The molecule has 22 heavy (non-hydrogen) atoms. The summed E-state index contributed by atoms with van der Waals surface area (Å²) in [5.74, 6) is -1.12. The molecule has 3 rings (SSSR count). The molecule has 2 aromatic carbocycles. The van der Waals surface area contributed by atoms with Crippen LogP contribution in [0.1, 0.15) is 26.3 Å². The zero-order chi connectivity index (χ0) is 15.7. The van der Waals surface area contributed by atoms with Gasteiger partial charge in [0.2, 0.25) is 0 Å². The molecule has 0 atom stereocenters. The van der Waals surface area contributed by atoms with Gasteiger partial charge in [-0.2, -0.15) is 0 Å². The highest BCUT2D eigenvalue weighted by atomic mass is 19.1. The van der Waals surface area contributed by atoms with Gasteiger partial charge in [-0.15, -0.1) is 0 Å². The Morgan fingerprint density at radius 1 is 1.05 bits per heavy atom. The van der Waals surface area contributed by atoms with Crippen molar-refractivity contribution in [1.82, 2.24) is 4.98 Å². The maximum absolute atomic E-state index is 13.0. The fourth-order valence-corrected chi connectivity index (χ4v) is 2.38. The number of fused-ring (bicyclic) bond motifs is 1. The molecule has 0 saturated carbocycles. The van der Waals surface area contributed by atoms with E-state index in [1.807, 2.05) is 0 Å². The van der Waals surface area contributed by atoms with E-state index in [4.69, 9.17) is 4.74 Å². The SMILES string of the molecule is COC(=O)c1c[nH]c2c(C(=O)c3ccc(F)cc3)cccc12. The van der Waals surface area contributed by atoms with Crippen LogP contribution in [0.25, 0.3) is 10.9 Å². The number of esters is 1. The summed E-state index contributed by atoms with van der Waals surface area (Å²) in [6.07, 6.45) is 1.51. The summed E-state index contributed by atoms with van der Waals surface area (Å²) < 4.78 is 17.7. The van der Waals surface area contributed by atoms with E-state index in [1.165, 1.54) is 37.6 Å². The predicted octanol–water partition coefficient (Wildman–Crippen LogP) is 3.32. The van der Waals surface area contributed by atoms with Gasteiger partial charge in [0, 0.05) is 22.7 Å². The highest BCUT2D eigenvalue weighted by molar-refractivity contribution is 6.17. The van der Waals surface area contributed by atoms with Crippen molar-refractivity contribution in [2.45, 2.75) is 0 Å². The molecule has 0 fully saturated rings. The second-order valence-electron chi connectivity index (χ2n) is 4.76. The highest BCUT2D eigenvalue weighted by Gasteiger charge is 2.18. The Balaban J connectivity index is 2.11. The van der Waals surface area contributed by atoms with Crippen molar-refractivity contribution in [2.75, 3.05) is 7.11 Å². The molecule has 1 aromatic heterocycles. The molecular weight excluding hydrogens is 285 g/mol. The van der Waals surface area contributed by atoms with E-state index < -0.39 is 11.8 Å². The normalized spacial score (nSPS) is 10.6. The molecule has 0 aliphatic rings. The molecule has 3 aromatic rings. The second-order valence-corrected chi connectivity index (χ2v) is 4.76. The number of carbonyl (C=O) groups is 2. The number of methoxy groups -OCH3 is 1. The summed E-state index contributed by atoms with van der Waals surface area (Å²) in [5.41, 5.74) is 1.71. The summed E-state index contributed by atoms with van der Waals surface area (Å²) in [5, 5.41) is 0.611. The Morgan fingerprint density at radius 3 is 2.45 bits per heavy atom. The van der Waals surface area contributed by atoms with Gasteiger partial charge in [0.05, 0.1) is 18.2 Å². The van der Waals surface area contributed by atoms with E-state index in [0.717, 1.165) is 0 Å². The second kappa shape index (κ2) is 5.44. The van der Waals surface area contributed by atoms with E-state index in [2.05, 4.69) is 4.98 Å². The average Bonchev–Trinajstić information content (AvgIpc) is 2.98. The minimum Gasteiger partial charge on any atom is -0.465 e. The number of hydrogen-bond donors (Lipinski definition) is 1. The Kier molecular flexibility index (Phi) is 3.47. The number of carbonyl (C=O) groups excluding carboxylic acids is 2. The molecule has 0 saturated heterocycles. The number of aromatic amines is 1. The number of hydrogen-bond acceptors (Lipinski definition) is 3. The first kappa shape index (κ1) is 14.0. The zero-order valence-corrected chi connectivity index (χ0v) is 11.7. The molecule has 0 amide bonds. The molecular formula is C17H12FNO3. The van der Waals surface area contributed by atoms with Crippen LogP contribution < -0.4 is 0 Å². The maximum Gasteiger partial charge on any atom is 0.340 e. The number of halogens is 1. The molecule has 0 unspecified atom stereocenters. The monoisotopic (exact) mass is 297 g/mol. The largest absolute Gasteiger partial charge is 0.465 e. The fourth-order valence-electron chi connectivity index (χ4n) is 2.38. The number of H-pyrrole nitrogens is 1. The number of nitrogens with one attached hydrogen (secondary N) is 1. The molecule has 5 heteroatoms. The van der Waals surface area contributed by atoms with Gasteiger partial charge in [0.15, 0.2) is 5.78 Å². The first-order chi connectivity index (χ1) is 10.6. The Labute approximate surface area is 125 Å². The molecule has 110 valence electrons. The van der Waals surface area contributed by atoms with Gasteiger partial charge in [-0.3, -0.25) is 4.79 Å². The van der Waals surface area contributed by atoms with Crippen LogP contribution in [-0.4, -0.2) is 23.8 Å². The third-order valence-corrected chi connectivity index (χ3v) is 3.47. The quantitative estimate of drug-likeness (QED) is 0.596. The van der Waals surface area contributed by atoms with Gasteiger partial charge in [0.1, 0.15) is 5.82 Å². The van der Waals surface area contributed by atoms with E-state index >= 15 is 0 Å². The zero-order valence-electron chi connectivity index (χ0n) is 11.7. The fraction of sp³-hybridized carbons (Fsp3) is 0.0588. The number of rotatable bonds is 3. The maximum atomic E-state index is 13.0. The van der Waals surface area contributed by atoms with Crippen molar-refractivity contribution < 1.29 is 18.7 Å². The van der Waals surface area contributed by atoms with Crippen molar-refractivity contribution in [3.63, 3.8) is 0 Å². The van der Waals surface area contributed by atoms with Crippen LogP contribution in [0.15, 0.2) is 48.7 Å². The molecule has 1 N–H and O–H groups in total. The molecule has 0 radical (unpaired) electrons. The summed E-state index contributed by atoms with van der Waals surface area (Å²) in [4.78, 5) is 27.2. The van der Waals surface area contributed by atoms with Gasteiger partial charge in [-0.05, 0) is 30.3 Å². The summed E-state index contributed by atoms with van der Waals surface area (Å²) in [6.45, 7) is 0. The lowest BCUT2D eigenvalue weighted by atomic mass is 10.0. The molecule has 0 bridgehead atoms. The molecule has 1 heterocycles. The Morgan fingerprint density at radius 2 is 1.77 bits per heavy atom. The van der Waals surface area contributed by atoms with Crippen molar-refractivity contribution in [1.29, 1.82) is 0 Å². The summed E-state index contributed by atoms with van der Waals surface area (Å²) in [6, 6.07) is 10.4. The van der Waals surface area contributed by atoms with E-state index in [9.17, 15) is 14.0 Å². The van der Waals surface area contributed by atoms with Crippen LogP contribution in [0.4, 0.5) is 4.39 Å². The van der Waals surface area contributed by atoms with Gasteiger partial charge < -0.3 is 9.72 Å². The third-order valence-electron chi connectivity index (χ3n) is 3.47. The lowest BCUT2D eigenvalue weighted by molar-refractivity contribution is 0.0603. The van der Waals surface area contributed by atoms with Crippen molar-refractivity contribution >= 4 is 22.7 Å². The molecule has 0 spiro atoms. The average molecular weight is 297 g/mol. The number of aromatic nitrogens is 1. The van der Waals surface area contributed by atoms with E-state index in [1.54, 1.807) is 18.2 Å². The minimum absolute atomic E-state index is 0.246. The standard InChI is InChI=1S/C17H12FNO3/c1-22-17(21)14-9-19-15-12(14)3-2-4-13(15)16(20)10-5-7-11(18)8-6-10/h2-9,19H,1H3. The minimum atomic E-state index is -0.474. The topological polar surface area (TPSA) is 59.2 Å². The van der Waals surface area contributed by atoms with Crippen LogP contribution in [0, 0.1) is 5.82 Å². The van der Waals surface area contributed by atoms with Crippen molar-refractivity contribution in [3.8, 4) is 0 Å².